The fraction of sp³-hybridized carbons (Fsp3) is 0.622. The minimum absolute atomic E-state index is 0.0257. The van der Waals surface area contributed by atoms with Crippen LogP contribution in [0.1, 0.15) is 118 Å². The highest BCUT2D eigenvalue weighted by Crippen LogP contribution is 2.38. The molecule has 64 heavy (non-hydrogen) atoms. The Morgan fingerprint density at radius 2 is 1.50 bits per heavy atom. The molecule has 0 saturated carbocycles. The smallest absolute Gasteiger partial charge is 0.408 e. The van der Waals surface area contributed by atoms with Crippen molar-refractivity contribution in [1.82, 2.24) is 21.3 Å². The standard InChI is InChI=1S/C45H66Cl2N4O13/c1-27-30(41(57)51-37-39(56)38(55)33(25-52)63-43(37)61-6)23-31(46)40(36(27)47)62-26-29-17-15-16-28(22-29)24-49-35(54)20-12-10-8-7-9-11-19-34(53)48-21-14-13-18-32(42(58)60-5)50-44(59)64-45(2,3)4/h15-17,22-23,32-33,37-39,43,52,55-56H,7-14,18-21,24-26H2,1-6H3,(H,48,53)(H,49,54)(H,50,59)(H,51,57)/t32-,33+,37+,38+,39+,43-/m0/s1. The fourth-order valence-corrected chi connectivity index (χ4v) is 7.48. The van der Waals surface area contributed by atoms with Gasteiger partial charge >= 0.3 is 12.1 Å². The molecular formula is C45H66Cl2N4O13. The molecule has 1 heterocycles. The molecule has 0 aromatic heterocycles. The third-order valence-electron chi connectivity index (χ3n) is 10.4. The molecule has 0 radical (unpaired) electrons. The maximum absolute atomic E-state index is 13.3. The number of nitrogens with one attached hydrogen (secondary N) is 4. The Kier molecular flexibility index (Phi) is 23.1. The van der Waals surface area contributed by atoms with E-state index >= 15 is 0 Å². The van der Waals surface area contributed by atoms with Gasteiger partial charge in [-0.15, -0.1) is 0 Å². The molecule has 4 amide bonds. The lowest BCUT2D eigenvalue weighted by atomic mass is 9.96. The van der Waals surface area contributed by atoms with E-state index in [0.29, 0.717) is 50.8 Å². The number of benzene rings is 2. The Labute approximate surface area is 385 Å². The van der Waals surface area contributed by atoms with Crippen LogP contribution in [0.3, 0.4) is 0 Å². The molecule has 0 spiro atoms. The number of halogens is 2. The van der Waals surface area contributed by atoms with Crippen LogP contribution < -0.4 is 26.0 Å². The van der Waals surface area contributed by atoms with E-state index in [4.69, 9.17) is 46.9 Å². The van der Waals surface area contributed by atoms with Gasteiger partial charge < -0.3 is 60.3 Å². The van der Waals surface area contributed by atoms with Crippen LogP contribution in [0.5, 0.6) is 5.75 Å². The summed E-state index contributed by atoms with van der Waals surface area (Å²) in [5, 5.41) is 41.6. The van der Waals surface area contributed by atoms with E-state index in [1.54, 1.807) is 27.7 Å². The number of unbranched alkanes of at least 4 members (excludes halogenated alkanes) is 6. The molecule has 0 aliphatic carbocycles. The van der Waals surface area contributed by atoms with Crippen molar-refractivity contribution in [2.24, 2.45) is 0 Å². The Hall–Kier alpha value is -4.23. The summed E-state index contributed by atoms with van der Waals surface area (Å²) in [6, 6.07) is 6.90. The number of aliphatic hydroxyl groups is 3. The predicted octanol–water partition coefficient (Wildman–Crippen LogP) is 5.15. The molecule has 19 heteroatoms. The highest BCUT2D eigenvalue weighted by atomic mass is 35.5. The predicted molar refractivity (Wildman–Crippen MR) is 239 cm³/mol. The highest BCUT2D eigenvalue weighted by molar-refractivity contribution is 6.38. The summed E-state index contributed by atoms with van der Waals surface area (Å²) in [6.07, 6.45) is 1.81. The first-order valence-corrected chi connectivity index (χ1v) is 22.4. The summed E-state index contributed by atoms with van der Waals surface area (Å²) in [5.74, 6) is -1.12. The van der Waals surface area contributed by atoms with Crippen LogP contribution in [-0.2, 0) is 46.5 Å². The van der Waals surface area contributed by atoms with Crippen LogP contribution in [-0.4, -0.2) is 115 Å². The summed E-state index contributed by atoms with van der Waals surface area (Å²) in [7, 11) is 2.56. The number of hydrogen-bond donors (Lipinski definition) is 7. The molecule has 1 saturated heterocycles. The third kappa shape index (κ3) is 18.0. The van der Waals surface area contributed by atoms with E-state index in [9.17, 15) is 39.3 Å². The van der Waals surface area contributed by atoms with Gasteiger partial charge in [-0.25, -0.2) is 9.59 Å². The second-order valence-electron chi connectivity index (χ2n) is 16.7. The Morgan fingerprint density at radius 1 is 0.859 bits per heavy atom. The van der Waals surface area contributed by atoms with E-state index in [0.717, 1.165) is 49.7 Å². The fourth-order valence-electron chi connectivity index (χ4n) is 6.91. The van der Waals surface area contributed by atoms with Crippen molar-refractivity contribution >= 4 is 53.0 Å². The molecule has 0 unspecified atom stereocenters. The topological polar surface area (TPSA) is 240 Å². The van der Waals surface area contributed by atoms with Crippen LogP contribution in [0.15, 0.2) is 30.3 Å². The van der Waals surface area contributed by atoms with Crippen molar-refractivity contribution in [2.45, 2.75) is 154 Å². The molecule has 1 aliphatic heterocycles. The van der Waals surface area contributed by atoms with Gasteiger partial charge in [-0.05, 0) is 82.6 Å². The molecule has 1 aliphatic rings. The normalized spacial score (nSPS) is 19.0. The monoisotopic (exact) mass is 940 g/mol. The number of ether oxygens (including phenoxy) is 5. The first kappa shape index (κ1) is 54.1. The maximum Gasteiger partial charge on any atom is 0.408 e. The van der Waals surface area contributed by atoms with Crippen LogP contribution in [0.4, 0.5) is 4.79 Å². The van der Waals surface area contributed by atoms with Gasteiger partial charge in [0.1, 0.15) is 42.6 Å². The lowest BCUT2D eigenvalue weighted by molar-refractivity contribution is -0.261. The molecule has 6 atom stereocenters. The van der Waals surface area contributed by atoms with Gasteiger partial charge in [-0.2, -0.15) is 0 Å². The number of hydrogen-bond acceptors (Lipinski definition) is 13. The van der Waals surface area contributed by atoms with E-state index in [-0.39, 0.29) is 39.8 Å². The summed E-state index contributed by atoms with van der Waals surface area (Å²) in [6.45, 7) is 7.16. The lowest BCUT2D eigenvalue weighted by Gasteiger charge is -2.41. The maximum atomic E-state index is 13.3. The van der Waals surface area contributed by atoms with Crippen molar-refractivity contribution in [3.8, 4) is 5.75 Å². The quantitative estimate of drug-likeness (QED) is 0.0504. The highest BCUT2D eigenvalue weighted by Gasteiger charge is 2.45. The molecule has 7 N–H and O–H groups in total. The van der Waals surface area contributed by atoms with E-state index in [1.807, 2.05) is 24.3 Å². The molecule has 3 rings (SSSR count). The van der Waals surface area contributed by atoms with Crippen molar-refractivity contribution in [2.75, 3.05) is 27.4 Å². The van der Waals surface area contributed by atoms with Crippen LogP contribution >= 0.6 is 23.2 Å². The number of rotatable bonds is 25. The molecular weight excluding hydrogens is 875 g/mol. The van der Waals surface area contributed by atoms with Gasteiger partial charge in [0.05, 0.1) is 23.8 Å². The van der Waals surface area contributed by atoms with E-state index < -0.39 is 66.9 Å². The molecule has 1 fully saturated rings. The minimum Gasteiger partial charge on any atom is -0.486 e. The van der Waals surface area contributed by atoms with Gasteiger partial charge in [0.25, 0.3) is 5.91 Å². The summed E-state index contributed by atoms with van der Waals surface area (Å²) in [5.41, 5.74) is 1.44. The van der Waals surface area contributed by atoms with E-state index in [2.05, 4.69) is 21.3 Å². The number of aliphatic hydroxyl groups excluding tert-OH is 3. The van der Waals surface area contributed by atoms with Crippen molar-refractivity contribution in [3.05, 3.63) is 62.6 Å². The molecule has 17 nitrogen and oxygen atoms in total. The number of carbonyl (C=O) groups is 5. The van der Waals surface area contributed by atoms with E-state index in [1.165, 1.54) is 20.3 Å². The zero-order chi connectivity index (χ0) is 47.4. The molecule has 358 valence electrons. The van der Waals surface area contributed by atoms with Gasteiger partial charge in [0, 0.05) is 38.6 Å². The number of methoxy groups -OCH3 is 2. The van der Waals surface area contributed by atoms with Crippen molar-refractivity contribution < 1.29 is 63.0 Å². The average molecular weight is 942 g/mol. The molecule has 0 bridgehead atoms. The first-order chi connectivity index (χ1) is 30.4. The SMILES string of the molecule is COC(=O)[C@H](CCCCNC(=O)CCCCCCCCC(=O)NCc1cccc(COc2c(Cl)cc(C(=O)N[C@H]3[C@@H](OC)O[C@H](CO)[C@@H](O)[C@@H]3O)c(C)c2Cl)c1)NC(=O)OC(C)(C)C. The number of esters is 1. The summed E-state index contributed by atoms with van der Waals surface area (Å²) < 4.78 is 26.7. The van der Waals surface area contributed by atoms with Gasteiger partial charge in [0.2, 0.25) is 11.8 Å². The third-order valence-corrected chi connectivity index (χ3v) is 11.2. The average Bonchev–Trinajstić information content (AvgIpc) is 3.25. The number of carbonyl (C=O) groups excluding carboxylic acids is 5. The van der Waals surface area contributed by atoms with Crippen LogP contribution in [0.25, 0.3) is 0 Å². The Morgan fingerprint density at radius 3 is 2.12 bits per heavy atom. The number of alkyl carbamates (subject to hydrolysis) is 1. The summed E-state index contributed by atoms with van der Waals surface area (Å²) in [4.78, 5) is 62.3. The molecule has 2 aromatic carbocycles. The zero-order valence-corrected chi connectivity index (χ0v) is 39.1. The van der Waals surface area contributed by atoms with Gasteiger partial charge in [-0.3, -0.25) is 14.4 Å². The zero-order valence-electron chi connectivity index (χ0n) is 37.6. The number of amides is 4. The lowest BCUT2D eigenvalue weighted by Crippen LogP contribution is -2.64. The summed E-state index contributed by atoms with van der Waals surface area (Å²) >= 11 is 13.2. The van der Waals surface area contributed by atoms with Crippen LogP contribution in [0, 0.1) is 6.92 Å². The van der Waals surface area contributed by atoms with Crippen molar-refractivity contribution in [1.29, 1.82) is 0 Å². The first-order valence-electron chi connectivity index (χ1n) is 21.6. The van der Waals surface area contributed by atoms with Crippen LogP contribution in [0.2, 0.25) is 10.0 Å². The van der Waals surface area contributed by atoms with Crippen molar-refractivity contribution in [3.63, 3.8) is 0 Å². The molecule has 2 aromatic rings. The Balaban J connectivity index is 1.30. The van der Waals surface area contributed by atoms with Gasteiger partial charge in [-0.1, -0.05) is 73.2 Å². The second kappa shape index (κ2) is 27.3. The minimum atomic E-state index is -1.49. The Bertz CT molecular complexity index is 1840. The van der Waals surface area contributed by atoms with Gasteiger partial charge in [0.15, 0.2) is 12.0 Å². The second-order valence-corrected chi connectivity index (χ2v) is 17.5. The largest absolute Gasteiger partial charge is 0.486 e.